The molecule has 1 saturated carbocycles. The molecule has 1 aliphatic carbocycles. The Labute approximate surface area is 124 Å². The van der Waals surface area contributed by atoms with Crippen LogP contribution in [0.3, 0.4) is 0 Å². The average Bonchev–Trinajstić information content (AvgIpc) is 2.95. The first-order valence-corrected chi connectivity index (χ1v) is 7.40. The molecular weight excluding hydrogens is 266 g/mol. The molecule has 0 aliphatic heterocycles. The molecule has 1 fully saturated rings. The number of ether oxygens (including phenoxy) is 1. The Morgan fingerprint density at radius 2 is 2.10 bits per heavy atom. The van der Waals surface area contributed by atoms with Gasteiger partial charge in [0.25, 0.3) is 0 Å². The van der Waals surface area contributed by atoms with Crippen molar-refractivity contribution >= 4 is 0 Å². The van der Waals surface area contributed by atoms with Crippen LogP contribution in [0.4, 0.5) is 0 Å². The lowest BCUT2D eigenvalue weighted by atomic mass is 9.64. The normalized spacial score (nSPS) is 18.2. The lowest BCUT2D eigenvalue weighted by Crippen LogP contribution is -2.36. The largest absolute Gasteiger partial charge is 0.385 e. The third kappa shape index (κ3) is 2.59. The maximum absolute atomic E-state index is 6.06. The van der Waals surface area contributed by atoms with Crippen molar-refractivity contribution in [3.05, 3.63) is 47.6 Å². The third-order valence-corrected chi connectivity index (χ3v) is 4.35. The first-order chi connectivity index (χ1) is 10.3. The second-order valence-electron chi connectivity index (χ2n) is 5.65. The zero-order valence-electron chi connectivity index (χ0n) is 12.3. The summed E-state index contributed by atoms with van der Waals surface area (Å²) in [4.78, 5) is 4.58. The monoisotopic (exact) mass is 287 g/mol. The summed E-state index contributed by atoms with van der Waals surface area (Å²) in [6, 6.07) is 10.2. The molecule has 1 aromatic heterocycles. The Balaban J connectivity index is 1.84. The highest BCUT2D eigenvalue weighted by molar-refractivity contribution is 5.35. The molecule has 0 saturated heterocycles. The van der Waals surface area contributed by atoms with Gasteiger partial charge in [-0.15, -0.1) is 0 Å². The molecule has 0 bridgehead atoms. The minimum atomic E-state index is -0.265. The predicted octanol–water partition coefficient (Wildman–Crippen LogP) is 2.58. The lowest BCUT2D eigenvalue weighted by Gasteiger charge is -2.39. The van der Waals surface area contributed by atoms with E-state index >= 15 is 0 Å². The number of benzene rings is 1. The summed E-state index contributed by atoms with van der Waals surface area (Å²) < 4.78 is 10.4. The van der Waals surface area contributed by atoms with E-state index in [1.807, 2.05) is 6.07 Å². The van der Waals surface area contributed by atoms with Gasteiger partial charge in [0.15, 0.2) is 5.82 Å². The fourth-order valence-electron chi connectivity index (χ4n) is 2.88. The van der Waals surface area contributed by atoms with Crippen LogP contribution in [0.25, 0.3) is 0 Å². The smallest absolute Gasteiger partial charge is 0.243 e. The molecule has 1 heterocycles. The summed E-state index contributed by atoms with van der Waals surface area (Å²) in [5.41, 5.74) is 7.22. The summed E-state index contributed by atoms with van der Waals surface area (Å²) in [7, 11) is 1.66. The number of methoxy groups -OCH3 is 1. The van der Waals surface area contributed by atoms with Crippen molar-refractivity contribution in [3.8, 4) is 0 Å². The molecule has 1 aliphatic rings. The summed E-state index contributed by atoms with van der Waals surface area (Å²) in [6.07, 6.45) is 3.98. The van der Waals surface area contributed by atoms with Crippen LogP contribution in [-0.2, 0) is 10.2 Å². The predicted molar refractivity (Wildman–Crippen MR) is 78.8 cm³/mol. The molecule has 112 valence electrons. The molecule has 3 rings (SSSR count). The van der Waals surface area contributed by atoms with Crippen molar-refractivity contribution in [2.45, 2.75) is 37.1 Å². The van der Waals surface area contributed by atoms with Gasteiger partial charge in [-0.3, -0.25) is 0 Å². The maximum atomic E-state index is 6.06. The molecule has 21 heavy (non-hydrogen) atoms. The Morgan fingerprint density at radius 1 is 1.33 bits per heavy atom. The van der Waals surface area contributed by atoms with Crippen molar-refractivity contribution < 1.29 is 9.26 Å². The minimum absolute atomic E-state index is 0.0933. The van der Waals surface area contributed by atoms with E-state index in [4.69, 9.17) is 15.0 Å². The minimum Gasteiger partial charge on any atom is -0.385 e. The molecule has 1 atom stereocenters. The van der Waals surface area contributed by atoms with Crippen molar-refractivity contribution in [1.29, 1.82) is 0 Å². The lowest BCUT2D eigenvalue weighted by molar-refractivity contribution is 0.182. The standard InChI is InChI=1S/C16H21N3O2/c1-20-11-8-13(17)14-18-15(19-21-14)16(9-5-10-16)12-6-3-2-4-7-12/h2-4,6-7,13H,5,8-11,17H2,1H3. The van der Waals surface area contributed by atoms with Crippen LogP contribution in [0.2, 0.25) is 0 Å². The molecular formula is C16H21N3O2. The molecule has 2 N–H and O–H groups in total. The van der Waals surface area contributed by atoms with Gasteiger partial charge in [-0.1, -0.05) is 41.9 Å². The fraction of sp³-hybridized carbons (Fsp3) is 0.500. The Hall–Kier alpha value is -1.72. The fourth-order valence-corrected chi connectivity index (χ4v) is 2.88. The summed E-state index contributed by atoms with van der Waals surface area (Å²) in [6.45, 7) is 0.586. The number of rotatable bonds is 6. The van der Waals surface area contributed by atoms with E-state index < -0.39 is 0 Å². The third-order valence-electron chi connectivity index (χ3n) is 4.35. The zero-order valence-corrected chi connectivity index (χ0v) is 12.3. The second kappa shape index (κ2) is 5.95. The highest BCUT2D eigenvalue weighted by atomic mass is 16.5. The van der Waals surface area contributed by atoms with E-state index in [0.29, 0.717) is 18.9 Å². The number of hydrogen-bond acceptors (Lipinski definition) is 5. The second-order valence-corrected chi connectivity index (χ2v) is 5.65. The highest BCUT2D eigenvalue weighted by Gasteiger charge is 2.44. The topological polar surface area (TPSA) is 74.2 Å². The van der Waals surface area contributed by atoms with Gasteiger partial charge in [0.2, 0.25) is 5.89 Å². The van der Waals surface area contributed by atoms with Crippen LogP contribution >= 0.6 is 0 Å². The summed E-state index contributed by atoms with van der Waals surface area (Å²) in [5, 5.41) is 4.21. The van der Waals surface area contributed by atoms with E-state index in [-0.39, 0.29) is 11.5 Å². The van der Waals surface area contributed by atoms with Crippen LogP contribution in [0, 0.1) is 0 Å². The Bertz CT molecular complexity index is 578. The summed E-state index contributed by atoms with van der Waals surface area (Å²) >= 11 is 0. The summed E-state index contributed by atoms with van der Waals surface area (Å²) in [5.74, 6) is 1.27. The van der Waals surface area contributed by atoms with E-state index in [1.165, 1.54) is 12.0 Å². The molecule has 1 unspecified atom stereocenters. The van der Waals surface area contributed by atoms with Crippen LogP contribution in [0.5, 0.6) is 0 Å². The number of nitrogens with two attached hydrogens (primary N) is 1. The molecule has 5 heteroatoms. The molecule has 1 aromatic carbocycles. The van der Waals surface area contributed by atoms with Gasteiger partial charge < -0.3 is 15.0 Å². The van der Waals surface area contributed by atoms with Crippen molar-refractivity contribution in [3.63, 3.8) is 0 Å². The highest BCUT2D eigenvalue weighted by Crippen LogP contribution is 2.47. The van der Waals surface area contributed by atoms with Crippen LogP contribution in [0.1, 0.15) is 49.0 Å². The van der Waals surface area contributed by atoms with Crippen LogP contribution in [0.15, 0.2) is 34.9 Å². The molecule has 5 nitrogen and oxygen atoms in total. The number of nitrogens with zero attached hydrogens (tertiary/aromatic N) is 2. The van der Waals surface area contributed by atoms with Crippen molar-refractivity contribution in [2.24, 2.45) is 5.73 Å². The van der Waals surface area contributed by atoms with Gasteiger partial charge in [-0.2, -0.15) is 4.98 Å². The Kier molecular flexibility index (Phi) is 4.03. The van der Waals surface area contributed by atoms with Gasteiger partial charge in [0, 0.05) is 13.7 Å². The molecule has 2 aromatic rings. The van der Waals surface area contributed by atoms with Crippen molar-refractivity contribution in [1.82, 2.24) is 10.1 Å². The SMILES string of the molecule is COCCC(N)c1nc(C2(c3ccccc3)CCC2)no1. The maximum Gasteiger partial charge on any atom is 0.243 e. The number of hydrogen-bond donors (Lipinski definition) is 1. The Morgan fingerprint density at radius 3 is 2.71 bits per heavy atom. The number of aromatic nitrogens is 2. The van der Waals surface area contributed by atoms with Gasteiger partial charge in [-0.25, -0.2) is 0 Å². The van der Waals surface area contributed by atoms with Gasteiger partial charge >= 0.3 is 0 Å². The zero-order chi connectivity index (χ0) is 14.7. The quantitative estimate of drug-likeness (QED) is 0.884. The first kappa shape index (κ1) is 14.2. The van der Waals surface area contributed by atoms with Gasteiger partial charge in [0.1, 0.15) is 0 Å². The molecule has 0 spiro atoms. The van der Waals surface area contributed by atoms with Crippen LogP contribution in [-0.4, -0.2) is 23.9 Å². The van der Waals surface area contributed by atoms with E-state index in [0.717, 1.165) is 18.7 Å². The molecule has 0 radical (unpaired) electrons. The van der Waals surface area contributed by atoms with E-state index in [9.17, 15) is 0 Å². The van der Waals surface area contributed by atoms with Gasteiger partial charge in [0.05, 0.1) is 11.5 Å². The average molecular weight is 287 g/mol. The molecule has 0 amide bonds. The van der Waals surface area contributed by atoms with Crippen LogP contribution < -0.4 is 5.73 Å². The van der Waals surface area contributed by atoms with E-state index in [1.54, 1.807) is 7.11 Å². The van der Waals surface area contributed by atoms with E-state index in [2.05, 4.69) is 34.4 Å². The first-order valence-electron chi connectivity index (χ1n) is 7.40. The van der Waals surface area contributed by atoms with Crippen molar-refractivity contribution in [2.75, 3.05) is 13.7 Å². The van der Waals surface area contributed by atoms with Gasteiger partial charge in [-0.05, 0) is 24.8 Å².